The van der Waals surface area contributed by atoms with Gasteiger partial charge in [-0.2, -0.15) is 0 Å². The van der Waals surface area contributed by atoms with Gasteiger partial charge in [0.05, 0.1) is 6.10 Å². The highest BCUT2D eigenvalue weighted by molar-refractivity contribution is 5.71. The van der Waals surface area contributed by atoms with Gasteiger partial charge in [0.15, 0.2) is 0 Å². The fourth-order valence-electron chi connectivity index (χ4n) is 9.08. The summed E-state index contributed by atoms with van der Waals surface area (Å²) in [6, 6.07) is 0. The average Bonchev–Trinajstić information content (AvgIpc) is 3.27. The van der Waals surface area contributed by atoms with E-state index in [2.05, 4.69) is 39.6 Å². The van der Waals surface area contributed by atoms with E-state index in [1.807, 2.05) is 0 Å². The van der Waals surface area contributed by atoms with Crippen LogP contribution in [-0.4, -0.2) is 74.0 Å². The minimum absolute atomic E-state index is 0.0165. The smallest absolute Gasteiger partial charge is 0.332 e. The highest BCUT2D eigenvalue weighted by Crippen LogP contribution is 2.22. The van der Waals surface area contributed by atoms with Crippen molar-refractivity contribution in [1.29, 1.82) is 0 Å². The number of hydrogen-bond donors (Lipinski definition) is 0. The first-order valence-electron chi connectivity index (χ1n) is 27.7. The molecule has 372 valence electrons. The van der Waals surface area contributed by atoms with Crippen molar-refractivity contribution >= 4 is 17.9 Å². The number of nitrogens with zero attached hydrogens (tertiary/aromatic N) is 1. The minimum Gasteiger partial charge on any atom is -0.462 e. The van der Waals surface area contributed by atoms with Crippen LogP contribution < -0.4 is 0 Å². The van der Waals surface area contributed by atoms with Crippen LogP contribution in [0, 0.1) is 0 Å². The Labute approximate surface area is 390 Å². The van der Waals surface area contributed by atoms with E-state index in [1.165, 1.54) is 103 Å². The molecule has 1 rings (SSSR count). The lowest BCUT2D eigenvalue weighted by Gasteiger charge is -2.28. The average molecular weight is 892 g/mol. The quantitative estimate of drug-likeness (QED) is 0.0339. The van der Waals surface area contributed by atoms with Crippen molar-refractivity contribution in [3.63, 3.8) is 0 Å². The zero-order chi connectivity index (χ0) is 45.9. The zero-order valence-corrected chi connectivity index (χ0v) is 42.5. The fraction of sp³-hybridized carbons (Fsp3) is 0.945. The van der Waals surface area contributed by atoms with Crippen LogP contribution in [0.2, 0.25) is 0 Å². The van der Waals surface area contributed by atoms with Crippen LogP contribution in [0.15, 0.2) is 0 Å². The van der Waals surface area contributed by atoms with E-state index in [-0.39, 0.29) is 48.9 Å². The SMILES string of the molecule is CCCCCCCC(CCCCCCC)OC(=O)CCCCCCCC(CCCCCCCC(=O)OC(CCCCCCC)CCCCCCC)OC(=O)COC1CCN(C)CC1. The number of esters is 3. The van der Waals surface area contributed by atoms with Crippen molar-refractivity contribution in [1.82, 2.24) is 4.90 Å². The molecule has 0 saturated carbocycles. The Morgan fingerprint density at radius 3 is 0.984 bits per heavy atom. The third-order valence-corrected chi connectivity index (χ3v) is 13.3. The van der Waals surface area contributed by atoms with E-state index in [9.17, 15) is 14.4 Å². The van der Waals surface area contributed by atoms with E-state index in [0.29, 0.717) is 12.8 Å². The molecule has 1 saturated heterocycles. The molecule has 0 aromatic rings. The standard InChI is InChI=1S/C55H105NO7/c1-6-10-14-20-28-36-50(37-29-21-15-11-7-2)61-53(57)42-34-26-18-24-32-40-52(63-55(59)48-60-49-44-46-56(5)47-45-49)41-33-25-19-27-35-43-54(58)62-51(38-30-22-16-12-8-3)39-31-23-17-13-9-4/h49-52H,6-48H2,1-5H3. The van der Waals surface area contributed by atoms with Crippen LogP contribution in [0.3, 0.4) is 0 Å². The monoisotopic (exact) mass is 892 g/mol. The summed E-state index contributed by atoms with van der Waals surface area (Å²) in [6.07, 6.45) is 43.9. The number of unbranched alkanes of at least 4 members (excludes halogenated alkanes) is 24. The van der Waals surface area contributed by atoms with Gasteiger partial charge in [-0.3, -0.25) is 9.59 Å². The van der Waals surface area contributed by atoms with Gasteiger partial charge in [0.2, 0.25) is 0 Å². The van der Waals surface area contributed by atoms with Crippen LogP contribution >= 0.6 is 0 Å². The molecular weight excluding hydrogens is 787 g/mol. The molecule has 0 amide bonds. The number of ether oxygens (including phenoxy) is 4. The molecule has 1 fully saturated rings. The van der Waals surface area contributed by atoms with Crippen LogP contribution in [0.1, 0.15) is 285 Å². The Bertz CT molecular complexity index is 942. The summed E-state index contributed by atoms with van der Waals surface area (Å²) in [5.41, 5.74) is 0. The molecule has 1 aliphatic heterocycles. The second-order valence-electron chi connectivity index (χ2n) is 19.6. The molecule has 1 aliphatic rings. The molecular formula is C55H105NO7. The molecule has 8 heteroatoms. The maximum absolute atomic E-state index is 12.9. The Morgan fingerprint density at radius 2 is 0.667 bits per heavy atom. The third-order valence-electron chi connectivity index (χ3n) is 13.3. The number of carbonyl (C=O) groups is 3. The molecule has 0 aromatic carbocycles. The number of carbonyl (C=O) groups excluding carboxylic acids is 3. The lowest BCUT2D eigenvalue weighted by molar-refractivity contribution is -0.158. The third kappa shape index (κ3) is 38.2. The largest absolute Gasteiger partial charge is 0.462 e. The summed E-state index contributed by atoms with van der Waals surface area (Å²) in [6.45, 7) is 11.0. The second kappa shape index (κ2) is 44.2. The van der Waals surface area contributed by atoms with Crippen molar-refractivity contribution in [2.24, 2.45) is 0 Å². The van der Waals surface area contributed by atoms with E-state index in [1.54, 1.807) is 0 Å². The fourth-order valence-corrected chi connectivity index (χ4v) is 9.08. The number of hydrogen-bond acceptors (Lipinski definition) is 8. The normalized spacial score (nSPS) is 13.7. The van der Waals surface area contributed by atoms with Gasteiger partial charge < -0.3 is 23.8 Å². The first-order valence-corrected chi connectivity index (χ1v) is 27.7. The lowest BCUT2D eigenvalue weighted by atomic mass is 10.0. The number of likely N-dealkylation sites (tertiary alicyclic amines) is 1. The van der Waals surface area contributed by atoms with Crippen LogP contribution in [0.25, 0.3) is 0 Å². The van der Waals surface area contributed by atoms with Crippen molar-refractivity contribution in [3.05, 3.63) is 0 Å². The molecule has 0 radical (unpaired) electrons. The molecule has 0 N–H and O–H groups in total. The summed E-state index contributed by atoms with van der Waals surface area (Å²) >= 11 is 0. The highest BCUT2D eigenvalue weighted by Gasteiger charge is 2.21. The summed E-state index contributed by atoms with van der Waals surface area (Å²) in [7, 11) is 2.13. The van der Waals surface area contributed by atoms with Crippen molar-refractivity contribution in [2.45, 2.75) is 309 Å². The lowest BCUT2D eigenvalue weighted by Crippen LogP contribution is -2.35. The van der Waals surface area contributed by atoms with Crippen LogP contribution in [0.4, 0.5) is 0 Å². The molecule has 63 heavy (non-hydrogen) atoms. The summed E-state index contributed by atoms with van der Waals surface area (Å²) in [5, 5.41) is 0. The highest BCUT2D eigenvalue weighted by atomic mass is 16.6. The van der Waals surface area contributed by atoms with Gasteiger partial charge in [-0.05, 0) is 110 Å². The molecule has 0 aromatic heterocycles. The first-order chi connectivity index (χ1) is 30.8. The Kier molecular flexibility index (Phi) is 41.6. The minimum atomic E-state index is -0.239. The Morgan fingerprint density at radius 1 is 0.397 bits per heavy atom. The van der Waals surface area contributed by atoms with Gasteiger partial charge in [0.25, 0.3) is 0 Å². The second-order valence-corrected chi connectivity index (χ2v) is 19.6. The molecule has 8 nitrogen and oxygen atoms in total. The summed E-state index contributed by atoms with van der Waals surface area (Å²) < 4.78 is 24.1. The zero-order valence-electron chi connectivity index (χ0n) is 42.5. The maximum atomic E-state index is 12.9. The van der Waals surface area contributed by atoms with E-state index < -0.39 is 0 Å². The maximum Gasteiger partial charge on any atom is 0.332 e. The molecule has 0 atom stereocenters. The van der Waals surface area contributed by atoms with Gasteiger partial charge in [-0.15, -0.1) is 0 Å². The predicted molar refractivity (Wildman–Crippen MR) is 264 cm³/mol. The molecule has 0 bridgehead atoms. The summed E-state index contributed by atoms with van der Waals surface area (Å²) in [4.78, 5) is 40.9. The Balaban J connectivity index is 2.46. The van der Waals surface area contributed by atoms with Gasteiger partial charge in [0, 0.05) is 25.9 Å². The molecule has 0 aliphatic carbocycles. The number of rotatable bonds is 46. The van der Waals surface area contributed by atoms with Crippen molar-refractivity contribution < 1.29 is 33.3 Å². The van der Waals surface area contributed by atoms with Crippen molar-refractivity contribution in [3.8, 4) is 0 Å². The van der Waals surface area contributed by atoms with E-state index in [0.717, 1.165) is 154 Å². The first kappa shape index (κ1) is 59.3. The van der Waals surface area contributed by atoms with Gasteiger partial charge in [-0.1, -0.05) is 169 Å². The topological polar surface area (TPSA) is 91.4 Å². The van der Waals surface area contributed by atoms with Crippen molar-refractivity contribution in [2.75, 3.05) is 26.7 Å². The molecule has 0 spiro atoms. The Hall–Kier alpha value is -1.67. The number of piperidine rings is 1. The van der Waals surface area contributed by atoms with Crippen LogP contribution in [0.5, 0.6) is 0 Å². The van der Waals surface area contributed by atoms with E-state index >= 15 is 0 Å². The molecule has 1 heterocycles. The summed E-state index contributed by atoms with van der Waals surface area (Å²) in [5.74, 6) is -0.273. The van der Waals surface area contributed by atoms with Gasteiger partial charge in [-0.25, -0.2) is 4.79 Å². The van der Waals surface area contributed by atoms with Gasteiger partial charge >= 0.3 is 17.9 Å². The van der Waals surface area contributed by atoms with E-state index in [4.69, 9.17) is 18.9 Å². The molecule has 0 unspecified atom stereocenters. The predicted octanol–water partition coefficient (Wildman–Crippen LogP) is 15.7. The van der Waals surface area contributed by atoms with Gasteiger partial charge in [0.1, 0.15) is 24.9 Å². The van der Waals surface area contributed by atoms with Crippen LogP contribution in [-0.2, 0) is 33.3 Å².